The average Bonchev–Trinajstić information content (AvgIpc) is 2.46. The molecule has 1 rings (SSSR count). The summed E-state index contributed by atoms with van der Waals surface area (Å²) in [6, 6.07) is 0. The Labute approximate surface area is 79.6 Å². The second-order valence-electron chi connectivity index (χ2n) is 3.40. The van der Waals surface area contributed by atoms with Crippen LogP contribution in [0.15, 0.2) is 0 Å². The van der Waals surface area contributed by atoms with Crippen LogP contribution in [-0.4, -0.2) is 32.2 Å². The molecule has 2 atom stereocenters. The minimum atomic E-state index is 0.403. The van der Waals surface area contributed by atoms with Crippen molar-refractivity contribution >= 4 is 11.6 Å². The first-order valence-electron chi connectivity index (χ1n) is 4.68. The molecule has 0 aliphatic heterocycles. The Hall–Kier alpha value is 0.210. The van der Waals surface area contributed by atoms with Crippen molar-refractivity contribution in [1.29, 1.82) is 0 Å². The van der Waals surface area contributed by atoms with Crippen molar-refractivity contribution in [3.8, 4) is 0 Å². The van der Waals surface area contributed by atoms with Crippen LogP contribution in [0.3, 0.4) is 0 Å². The molecule has 1 fully saturated rings. The van der Waals surface area contributed by atoms with Gasteiger partial charge in [0.15, 0.2) is 0 Å². The predicted molar refractivity (Wildman–Crippen MR) is 51.7 cm³/mol. The van der Waals surface area contributed by atoms with Crippen LogP contribution in [0.1, 0.15) is 19.3 Å². The SMILES string of the molecule is COCCNCC1CCCC1Cl. The van der Waals surface area contributed by atoms with Crippen molar-refractivity contribution in [2.24, 2.45) is 5.92 Å². The second kappa shape index (κ2) is 5.79. The van der Waals surface area contributed by atoms with Crippen LogP contribution in [0.25, 0.3) is 0 Å². The van der Waals surface area contributed by atoms with E-state index in [1.54, 1.807) is 7.11 Å². The topological polar surface area (TPSA) is 21.3 Å². The van der Waals surface area contributed by atoms with Gasteiger partial charge in [0, 0.05) is 19.0 Å². The van der Waals surface area contributed by atoms with Crippen LogP contribution >= 0.6 is 11.6 Å². The van der Waals surface area contributed by atoms with Crippen LogP contribution in [0.4, 0.5) is 0 Å². The zero-order valence-corrected chi connectivity index (χ0v) is 8.44. The summed E-state index contributed by atoms with van der Waals surface area (Å²) in [7, 11) is 1.72. The molecule has 12 heavy (non-hydrogen) atoms. The molecule has 2 unspecified atom stereocenters. The molecule has 1 saturated carbocycles. The minimum Gasteiger partial charge on any atom is -0.383 e. The Balaban J connectivity index is 1.98. The third-order valence-electron chi connectivity index (χ3n) is 2.46. The van der Waals surface area contributed by atoms with Gasteiger partial charge >= 0.3 is 0 Å². The molecule has 1 aliphatic carbocycles. The molecule has 0 amide bonds. The van der Waals surface area contributed by atoms with E-state index in [0.29, 0.717) is 11.3 Å². The van der Waals surface area contributed by atoms with E-state index in [2.05, 4.69) is 5.32 Å². The highest BCUT2D eigenvalue weighted by Gasteiger charge is 2.24. The van der Waals surface area contributed by atoms with E-state index in [-0.39, 0.29) is 0 Å². The monoisotopic (exact) mass is 191 g/mol. The van der Waals surface area contributed by atoms with E-state index in [9.17, 15) is 0 Å². The number of alkyl halides is 1. The molecule has 0 heterocycles. The molecular formula is C9H18ClNO. The van der Waals surface area contributed by atoms with Gasteiger partial charge in [-0.2, -0.15) is 0 Å². The van der Waals surface area contributed by atoms with Gasteiger partial charge in [-0.05, 0) is 25.3 Å². The molecule has 72 valence electrons. The van der Waals surface area contributed by atoms with Crippen LogP contribution in [-0.2, 0) is 4.74 Å². The highest BCUT2D eigenvalue weighted by molar-refractivity contribution is 6.20. The Kier molecular flexibility index (Phi) is 4.96. The number of halogens is 1. The third kappa shape index (κ3) is 3.30. The smallest absolute Gasteiger partial charge is 0.0587 e. The summed E-state index contributed by atoms with van der Waals surface area (Å²) in [5.74, 6) is 0.684. The predicted octanol–water partition coefficient (Wildman–Crippen LogP) is 1.63. The first-order chi connectivity index (χ1) is 5.84. The number of hydrogen-bond donors (Lipinski definition) is 1. The number of methoxy groups -OCH3 is 1. The molecule has 1 aliphatic rings. The van der Waals surface area contributed by atoms with Crippen LogP contribution < -0.4 is 5.32 Å². The van der Waals surface area contributed by atoms with Crippen molar-refractivity contribution in [2.75, 3.05) is 26.8 Å². The first-order valence-corrected chi connectivity index (χ1v) is 5.12. The summed E-state index contributed by atoms with van der Waals surface area (Å²) >= 11 is 6.12. The lowest BCUT2D eigenvalue weighted by Gasteiger charge is -2.13. The van der Waals surface area contributed by atoms with Gasteiger partial charge in [-0.1, -0.05) is 6.42 Å². The Morgan fingerprint density at radius 3 is 2.92 bits per heavy atom. The summed E-state index contributed by atoms with van der Waals surface area (Å²) < 4.78 is 4.94. The van der Waals surface area contributed by atoms with Crippen molar-refractivity contribution < 1.29 is 4.74 Å². The molecule has 0 radical (unpaired) electrons. The van der Waals surface area contributed by atoms with E-state index in [1.807, 2.05) is 0 Å². The Morgan fingerprint density at radius 1 is 1.50 bits per heavy atom. The van der Waals surface area contributed by atoms with Gasteiger partial charge in [-0.15, -0.1) is 11.6 Å². The molecule has 0 aromatic rings. The maximum atomic E-state index is 6.12. The van der Waals surface area contributed by atoms with Crippen LogP contribution in [0.2, 0.25) is 0 Å². The molecule has 2 nitrogen and oxygen atoms in total. The van der Waals surface area contributed by atoms with Gasteiger partial charge in [0.1, 0.15) is 0 Å². The summed E-state index contributed by atoms with van der Waals surface area (Å²) in [6.45, 7) is 2.79. The zero-order chi connectivity index (χ0) is 8.81. The highest BCUT2D eigenvalue weighted by Crippen LogP contribution is 2.29. The highest BCUT2D eigenvalue weighted by atomic mass is 35.5. The van der Waals surface area contributed by atoms with E-state index >= 15 is 0 Å². The molecule has 1 N–H and O–H groups in total. The quantitative estimate of drug-likeness (QED) is 0.527. The van der Waals surface area contributed by atoms with E-state index in [1.165, 1.54) is 19.3 Å². The van der Waals surface area contributed by atoms with Crippen molar-refractivity contribution in [3.63, 3.8) is 0 Å². The van der Waals surface area contributed by atoms with Crippen LogP contribution in [0.5, 0.6) is 0 Å². The Bertz CT molecular complexity index is 121. The fraction of sp³-hybridized carbons (Fsp3) is 1.00. The fourth-order valence-corrected chi connectivity index (χ4v) is 2.05. The summed E-state index contributed by atoms with van der Waals surface area (Å²) in [5.41, 5.74) is 0. The van der Waals surface area contributed by atoms with E-state index in [0.717, 1.165) is 19.7 Å². The van der Waals surface area contributed by atoms with Gasteiger partial charge in [-0.3, -0.25) is 0 Å². The van der Waals surface area contributed by atoms with Crippen molar-refractivity contribution in [2.45, 2.75) is 24.6 Å². The van der Waals surface area contributed by atoms with Gasteiger partial charge < -0.3 is 10.1 Å². The summed E-state index contributed by atoms with van der Waals surface area (Å²) in [5, 5.41) is 3.75. The summed E-state index contributed by atoms with van der Waals surface area (Å²) in [4.78, 5) is 0. The lowest BCUT2D eigenvalue weighted by molar-refractivity contribution is 0.198. The first kappa shape index (κ1) is 10.3. The fourth-order valence-electron chi connectivity index (χ4n) is 1.68. The lowest BCUT2D eigenvalue weighted by Crippen LogP contribution is -2.28. The Morgan fingerprint density at radius 2 is 2.33 bits per heavy atom. The van der Waals surface area contributed by atoms with Crippen LogP contribution in [0, 0.1) is 5.92 Å². The van der Waals surface area contributed by atoms with Crippen molar-refractivity contribution in [1.82, 2.24) is 5.32 Å². The van der Waals surface area contributed by atoms with Gasteiger partial charge in [0.2, 0.25) is 0 Å². The molecule has 0 bridgehead atoms. The van der Waals surface area contributed by atoms with E-state index in [4.69, 9.17) is 16.3 Å². The molecule has 0 aromatic carbocycles. The normalized spacial score (nSPS) is 29.5. The summed E-state index contributed by atoms with van der Waals surface area (Å²) in [6.07, 6.45) is 3.77. The van der Waals surface area contributed by atoms with Gasteiger partial charge in [0.05, 0.1) is 6.61 Å². The molecule has 0 spiro atoms. The zero-order valence-electron chi connectivity index (χ0n) is 7.68. The standard InChI is InChI=1S/C9H18ClNO/c1-12-6-5-11-7-8-3-2-4-9(8)10/h8-9,11H,2-7H2,1H3. The van der Waals surface area contributed by atoms with E-state index < -0.39 is 0 Å². The lowest BCUT2D eigenvalue weighted by atomic mass is 10.1. The average molecular weight is 192 g/mol. The number of rotatable bonds is 5. The van der Waals surface area contributed by atoms with Gasteiger partial charge in [0.25, 0.3) is 0 Å². The maximum Gasteiger partial charge on any atom is 0.0587 e. The van der Waals surface area contributed by atoms with Gasteiger partial charge in [-0.25, -0.2) is 0 Å². The second-order valence-corrected chi connectivity index (χ2v) is 3.96. The number of hydrogen-bond acceptors (Lipinski definition) is 2. The number of ether oxygens (including phenoxy) is 1. The molecule has 0 saturated heterocycles. The largest absolute Gasteiger partial charge is 0.383 e. The molecular weight excluding hydrogens is 174 g/mol. The molecule has 0 aromatic heterocycles. The third-order valence-corrected chi connectivity index (χ3v) is 3.03. The minimum absolute atomic E-state index is 0.403. The number of nitrogens with one attached hydrogen (secondary N) is 1. The molecule has 3 heteroatoms. The maximum absolute atomic E-state index is 6.12. The van der Waals surface area contributed by atoms with Crippen molar-refractivity contribution in [3.05, 3.63) is 0 Å².